The van der Waals surface area contributed by atoms with Crippen LogP contribution in [0.2, 0.25) is 0 Å². The number of carboxylic acid groups (broad SMARTS) is 1. The normalized spacial score (nSPS) is 9.76. The van der Waals surface area contributed by atoms with Gasteiger partial charge in [-0.05, 0) is 31.2 Å². The fraction of sp³-hybridized carbons (Fsp3) is 0.273. The number of hydrogen-bond acceptors (Lipinski definition) is 2. The molecule has 0 spiro atoms. The summed E-state index contributed by atoms with van der Waals surface area (Å²) < 4.78 is 0.924. The van der Waals surface area contributed by atoms with Crippen LogP contribution in [0.15, 0.2) is 28.7 Å². The lowest BCUT2D eigenvalue weighted by atomic mass is 10.3. The molecule has 0 aliphatic heterocycles. The van der Waals surface area contributed by atoms with Crippen molar-refractivity contribution in [2.45, 2.75) is 6.92 Å². The van der Waals surface area contributed by atoms with Crippen LogP contribution in [0.25, 0.3) is 0 Å². The van der Waals surface area contributed by atoms with Gasteiger partial charge in [-0.3, -0.25) is 4.79 Å². The van der Waals surface area contributed by atoms with Crippen molar-refractivity contribution in [2.24, 2.45) is 0 Å². The number of halogens is 1. The molecule has 0 aliphatic carbocycles. The van der Waals surface area contributed by atoms with Crippen molar-refractivity contribution in [1.29, 1.82) is 0 Å². The topological polar surface area (TPSA) is 69.6 Å². The second kappa shape index (κ2) is 6.24. The number of hydrogen-bond donors (Lipinski definition) is 2. The number of rotatable bonds is 4. The predicted molar refractivity (Wildman–Crippen MR) is 68.2 cm³/mol. The third-order valence-electron chi connectivity index (χ3n) is 2.15. The molecule has 0 saturated carbocycles. The number of carbonyl (C=O) groups excluding carboxylic acids is 1. The average molecular weight is 301 g/mol. The number of anilines is 1. The van der Waals surface area contributed by atoms with Gasteiger partial charge in [0.05, 0.1) is 0 Å². The molecule has 1 aromatic rings. The summed E-state index contributed by atoms with van der Waals surface area (Å²) in [5.41, 5.74) is 0.743. The summed E-state index contributed by atoms with van der Waals surface area (Å²) >= 11 is 3.31. The van der Waals surface area contributed by atoms with Crippen LogP contribution in [-0.2, 0) is 4.79 Å². The first-order valence-electron chi connectivity index (χ1n) is 5.07. The minimum atomic E-state index is -1.20. The van der Waals surface area contributed by atoms with Crippen LogP contribution in [0.3, 0.4) is 0 Å². The number of likely N-dealkylation sites (N-methyl/N-ethyl adjacent to an activating group) is 1. The fourth-order valence-corrected chi connectivity index (χ4v) is 1.63. The van der Waals surface area contributed by atoms with Gasteiger partial charge in [0.1, 0.15) is 6.54 Å². The molecule has 0 radical (unpaired) electrons. The summed E-state index contributed by atoms with van der Waals surface area (Å²) in [6, 6.07) is 7.25. The molecule has 0 saturated heterocycles. The van der Waals surface area contributed by atoms with Gasteiger partial charge in [-0.25, -0.2) is 4.79 Å². The number of benzene rings is 1. The summed E-state index contributed by atoms with van der Waals surface area (Å²) in [5.74, 6) is -0.280. The Morgan fingerprint density at radius 1 is 1.35 bits per heavy atom. The monoisotopic (exact) mass is 300 g/mol. The Bertz CT molecular complexity index is 406. The van der Waals surface area contributed by atoms with Crippen LogP contribution in [0.4, 0.5) is 10.5 Å². The highest BCUT2D eigenvalue weighted by atomic mass is 79.9. The van der Waals surface area contributed by atoms with Crippen LogP contribution >= 0.6 is 15.9 Å². The van der Waals surface area contributed by atoms with Crippen molar-refractivity contribution < 1.29 is 14.7 Å². The van der Waals surface area contributed by atoms with Crippen molar-refractivity contribution in [3.63, 3.8) is 0 Å². The molecule has 6 heteroatoms. The molecule has 0 aromatic heterocycles. The van der Waals surface area contributed by atoms with Gasteiger partial charge in [-0.2, -0.15) is 0 Å². The molecular weight excluding hydrogens is 288 g/mol. The molecule has 0 heterocycles. The maximum atomic E-state index is 11.8. The fourth-order valence-electron chi connectivity index (χ4n) is 1.37. The van der Waals surface area contributed by atoms with E-state index in [-0.39, 0.29) is 12.5 Å². The Balaban J connectivity index is 2.73. The zero-order valence-corrected chi connectivity index (χ0v) is 10.9. The van der Waals surface area contributed by atoms with Crippen molar-refractivity contribution in [3.05, 3.63) is 28.7 Å². The standard InChI is InChI=1S/C11H13BrN2O3/c1-2-14(10(15)7-13-11(16)17)9-5-3-8(12)4-6-9/h3-6,13H,2,7H2,1H3,(H,16,17). The molecule has 1 rings (SSSR count). The first-order chi connectivity index (χ1) is 8.04. The number of nitrogens with one attached hydrogen (secondary N) is 1. The van der Waals surface area contributed by atoms with E-state index in [1.165, 1.54) is 4.90 Å². The Kier molecular flexibility index (Phi) is 4.96. The zero-order valence-electron chi connectivity index (χ0n) is 9.31. The smallest absolute Gasteiger partial charge is 0.405 e. The van der Waals surface area contributed by atoms with Crippen LogP contribution < -0.4 is 10.2 Å². The van der Waals surface area contributed by atoms with Crippen molar-refractivity contribution >= 4 is 33.6 Å². The van der Waals surface area contributed by atoms with Crippen LogP contribution in [0.5, 0.6) is 0 Å². The Hall–Kier alpha value is -1.56. The van der Waals surface area contributed by atoms with Crippen molar-refractivity contribution in [3.8, 4) is 0 Å². The lowest BCUT2D eigenvalue weighted by molar-refractivity contribution is -0.117. The highest BCUT2D eigenvalue weighted by Gasteiger charge is 2.14. The molecule has 2 N–H and O–H groups in total. The summed E-state index contributed by atoms with van der Waals surface area (Å²) in [5, 5.41) is 10.5. The van der Waals surface area contributed by atoms with Gasteiger partial charge >= 0.3 is 6.09 Å². The first-order valence-corrected chi connectivity index (χ1v) is 5.86. The minimum absolute atomic E-state index is 0.223. The maximum Gasteiger partial charge on any atom is 0.405 e. The highest BCUT2D eigenvalue weighted by molar-refractivity contribution is 9.10. The second-order valence-electron chi connectivity index (χ2n) is 3.27. The number of nitrogens with zero attached hydrogens (tertiary/aromatic N) is 1. The second-order valence-corrected chi connectivity index (χ2v) is 4.19. The maximum absolute atomic E-state index is 11.8. The van der Waals surface area contributed by atoms with Gasteiger partial charge in [-0.15, -0.1) is 0 Å². The van der Waals surface area contributed by atoms with Crippen molar-refractivity contribution in [2.75, 3.05) is 18.0 Å². The van der Waals surface area contributed by atoms with E-state index in [4.69, 9.17) is 5.11 Å². The average Bonchev–Trinajstić information content (AvgIpc) is 2.30. The van der Waals surface area contributed by atoms with E-state index in [9.17, 15) is 9.59 Å². The van der Waals surface area contributed by atoms with E-state index in [1.807, 2.05) is 19.1 Å². The van der Waals surface area contributed by atoms with E-state index < -0.39 is 6.09 Å². The van der Waals surface area contributed by atoms with E-state index in [0.29, 0.717) is 6.54 Å². The SMILES string of the molecule is CCN(C(=O)CNC(=O)O)c1ccc(Br)cc1. The Morgan fingerprint density at radius 2 is 1.94 bits per heavy atom. The molecule has 0 unspecified atom stereocenters. The number of amides is 2. The molecule has 17 heavy (non-hydrogen) atoms. The van der Waals surface area contributed by atoms with Crippen LogP contribution in [-0.4, -0.2) is 30.2 Å². The van der Waals surface area contributed by atoms with E-state index in [0.717, 1.165) is 10.2 Å². The van der Waals surface area contributed by atoms with Gasteiger partial charge in [0.15, 0.2) is 0 Å². The molecule has 92 valence electrons. The molecule has 0 aliphatic rings. The summed E-state index contributed by atoms with van der Waals surface area (Å²) in [6.07, 6.45) is -1.20. The van der Waals surface area contributed by atoms with E-state index >= 15 is 0 Å². The van der Waals surface area contributed by atoms with Crippen LogP contribution in [0, 0.1) is 0 Å². The van der Waals surface area contributed by atoms with Gasteiger partial charge in [0, 0.05) is 16.7 Å². The zero-order chi connectivity index (χ0) is 12.8. The first kappa shape index (κ1) is 13.5. The molecule has 0 atom stereocenters. The van der Waals surface area contributed by atoms with Crippen LogP contribution in [0.1, 0.15) is 6.92 Å². The van der Waals surface area contributed by atoms with Gasteiger partial charge in [0.25, 0.3) is 0 Å². The predicted octanol–water partition coefficient (Wildman–Crippen LogP) is 2.07. The molecular formula is C11H13BrN2O3. The summed E-state index contributed by atoms with van der Waals surface area (Å²) in [7, 11) is 0. The highest BCUT2D eigenvalue weighted by Crippen LogP contribution is 2.18. The molecule has 1 aromatic carbocycles. The van der Waals surface area contributed by atoms with Gasteiger partial charge in [0.2, 0.25) is 5.91 Å². The van der Waals surface area contributed by atoms with E-state index in [1.54, 1.807) is 12.1 Å². The Labute approximate surface area is 108 Å². The van der Waals surface area contributed by atoms with E-state index in [2.05, 4.69) is 21.2 Å². The third-order valence-corrected chi connectivity index (χ3v) is 2.68. The van der Waals surface area contributed by atoms with Gasteiger partial charge < -0.3 is 15.3 Å². The largest absolute Gasteiger partial charge is 0.465 e. The lowest BCUT2D eigenvalue weighted by Gasteiger charge is -2.20. The number of carbonyl (C=O) groups is 2. The molecule has 0 bridgehead atoms. The summed E-state index contributed by atoms with van der Waals surface area (Å²) in [6.45, 7) is 2.10. The molecule has 5 nitrogen and oxygen atoms in total. The molecule has 2 amide bonds. The Morgan fingerprint density at radius 3 is 2.41 bits per heavy atom. The van der Waals surface area contributed by atoms with Gasteiger partial charge in [-0.1, -0.05) is 15.9 Å². The quantitative estimate of drug-likeness (QED) is 0.894. The minimum Gasteiger partial charge on any atom is -0.465 e. The third kappa shape index (κ3) is 4.07. The molecule has 0 fully saturated rings. The summed E-state index contributed by atoms with van der Waals surface area (Å²) in [4.78, 5) is 23.6. The van der Waals surface area contributed by atoms with Crippen molar-refractivity contribution in [1.82, 2.24) is 5.32 Å². The lowest BCUT2D eigenvalue weighted by Crippen LogP contribution is -2.39.